The van der Waals surface area contributed by atoms with Gasteiger partial charge in [0.1, 0.15) is 0 Å². The fourth-order valence-corrected chi connectivity index (χ4v) is 3.16. The third-order valence-corrected chi connectivity index (χ3v) is 4.59. The van der Waals surface area contributed by atoms with Gasteiger partial charge in [-0.25, -0.2) is 0 Å². The van der Waals surface area contributed by atoms with Gasteiger partial charge in [-0.3, -0.25) is 4.79 Å². The Labute approximate surface area is 159 Å². The van der Waals surface area contributed by atoms with Gasteiger partial charge in [0.25, 0.3) is 5.91 Å². The van der Waals surface area contributed by atoms with Crippen molar-refractivity contribution in [1.29, 1.82) is 0 Å². The molecule has 1 amide bonds. The average molecular weight is 359 g/mol. The van der Waals surface area contributed by atoms with Crippen LogP contribution in [0.25, 0.3) is 0 Å². The molecule has 0 heterocycles. The van der Waals surface area contributed by atoms with Crippen LogP contribution < -0.4 is 5.32 Å². The molecule has 0 aliphatic carbocycles. The minimum Gasteiger partial charge on any atom is -0.426 e. The van der Waals surface area contributed by atoms with Gasteiger partial charge >= 0.3 is 7.12 Å². The van der Waals surface area contributed by atoms with Crippen molar-refractivity contribution < 1.29 is 14.8 Å². The summed E-state index contributed by atoms with van der Waals surface area (Å²) in [5, 5.41) is 21.2. The first-order valence-corrected chi connectivity index (χ1v) is 8.93. The number of carbonyl (C=O) groups excluding carboxylic acids is 1. The number of nitrogens with one attached hydrogen (secondary N) is 1. The fourth-order valence-electron chi connectivity index (χ4n) is 3.16. The topological polar surface area (TPSA) is 69.6 Å². The summed E-state index contributed by atoms with van der Waals surface area (Å²) in [4.78, 5) is 12.8. The van der Waals surface area contributed by atoms with Crippen molar-refractivity contribution in [3.05, 3.63) is 107 Å². The lowest BCUT2D eigenvalue weighted by Crippen LogP contribution is -2.44. The van der Waals surface area contributed by atoms with Gasteiger partial charge in [0.15, 0.2) is 0 Å². The summed E-state index contributed by atoms with van der Waals surface area (Å²) >= 11 is 0. The largest absolute Gasteiger partial charge is 0.475 e. The molecule has 0 unspecified atom stereocenters. The zero-order valence-corrected chi connectivity index (χ0v) is 15.1. The van der Waals surface area contributed by atoms with E-state index >= 15 is 0 Å². The van der Waals surface area contributed by atoms with Gasteiger partial charge in [-0.2, -0.15) is 0 Å². The summed E-state index contributed by atoms with van der Waals surface area (Å²) in [6, 6.07) is 27.5. The summed E-state index contributed by atoms with van der Waals surface area (Å²) in [5.74, 6) is -1.20. The minimum atomic E-state index is -1.61. The van der Waals surface area contributed by atoms with Gasteiger partial charge in [0.05, 0.1) is 5.94 Å². The Morgan fingerprint density at radius 2 is 1.30 bits per heavy atom. The first kappa shape index (κ1) is 18.9. The molecule has 0 bridgehead atoms. The highest BCUT2D eigenvalue weighted by atomic mass is 16.4. The molecule has 3 N–H and O–H groups in total. The van der Waals surface area contributed by atoms with Crippen LogP contribution in [-0.2, 0) is 0 Å². The molecule has 0 spiro atoms. The lowest BCUT2D eigenvalue weighted by molar-refractivity contribution is 0.0943. The van der Waals surface area contributed by atoms with Crippen LogP contribution in [0.3, 0.4) is 0 Å². The van der Waals surface area contributed by atoms with E-state index in [4.69, 9.17) is 0 Å². The Hall–Kier alpha value is -2.89. The molecule has 0 aliphatic rings. The van der Waals surface area contributed by atoms with E-state index in [0.29, 0.717) is 5.56 Å². The van der Waals surface area contributed by atoms with Gasteiger partial charge in [0.2, 0.25) is 0 Å². The number of hydrogen-bond donors (Lipinski definition) is 3. The van der Waals surface area contributed by atoms with E-state index in [-0.39, 0.29) is 11.8 Å². The zero-order valence-electron chi connectivity index (χ0n) is 15.1. The highest BCUT2D eigenvalue weighted by Gasteiger charge is 2.25. The molecule has 5 heteroatoms. The second kappa shape index (κ2) is 8.67. The molecule has 3 aromatic rings. The van der Waals surface area contributed by atoms with Crippen molar-refractivity contribution in [3.8, 4) is 0 Å². The number of benzene rings is 3. The lowest BCUT2D eigenvalue weighted by atomic mass is 9.80. The minimum absolute atomic E-state index is 0.108. The zero-order chi connectivity index (χ0) is 19.2. The molecule has 3 aromatic carbocycles. The predicted molar refractivity (Wildman–Crippen MR) is 107 cm³/mol. The standard InChI is InChI=1S/C22H22BNO3/c1-16(23(26)27)24-22(25)20-15-9-8-14-19(20)21(17-10-4-2-5-11-17)18-12-6-3-7-13-18/h2-16,21,26-27H,1H3,(H,24,25)/t16-/m1/s1. The van der Waals surface area contributed by atoms with E-state index in [1.807, 2.05) is 78.9 Å². The van der Waals surface area contributed by atoms with Crippen molar-refractivity contribution in [3.63, 3.8) is 0 Å². The van der Waals surface area contributed by atoms with Crippen LogP contribution in [-0.4, -0.2) is 29.0 Å². The summed E-state index contributed by atoms with van der Waals surface area (Å²) < 4.78 is 0. The smallest absolute Gasteiger partial charge is 0.426 e. The van der Waals surface area contributed by atoms with E-state index in [2.05, 4.69) is 5.32 Å². The highest BCUT2D eigenvalue weighted by Crippen LogP contribution is 2.33. The molecular formula is C22H22BNO3. The number of rotatable bonds is 6. The maximum atomic E-state index is 12.8. The van der Waals surface area contributed by atoms with Gasteiger partial charge in [-0.05, 0) is 29.7 Å². The molecule has 0 aliphatic heterocycles. The third-order valence-electron chi connectivity index (χ3n) is 4.59. The van der Waals surface area contributed by atoms with Crippen LogP contribution in [0, 0.1) is 0 Å². The summed E-state index contributed by atoms with van der Waals surface area (Å²) in [6.45, 7) is 1.55. The van der Waals surface area contributed by atoms with Crippen molar-refractivity contribution in [2.24, 2.45) is 0 Å². The Kier molecular flexibility index (Phi) is 6.06. The van der Waals surface area contributed by atoms with Crippen molar-refractivity contribution in [2.75, 3.05) is 0 Å². The van der Waals surface area contributed by atoms with Crippen LogP contribution in [0.5, 0.6) is 0 Å². The fraction of sp³-hybridized carbons (Fsp3) is 0.136. The molecule has 0 saturated heterocycles. The number of amides is 1. The molecule has 1 atom stereocenters. The van der Waals surface area contributed by atoms with Crippen molar-refractivity contribution in [1.82, 2.24) is 5.32 Å². The maximum Gasteiger partial charge on any atom is 0.475 e. The quantitative estimate of drug-likeness (QED) is 0.468. The Morgan fingerprint density at radius 3 is 1.81 bits per heavy atom. The Bertz CT molecular complexity index is 845. The lowest BCUT2D eigenvalue weighted by Gasteiger charge is -2.22. The van der Waals surface area contributed by atoms with Crippen LogP contribution in [0.4, 0.5) is 0 Å². The number of hydrogen-bond acceptors (Lipinski definition) is 3. The number of carbonyl (C=O) groups is 1. The highest BCUT2D eigenvalue weighted by molar-refractivity contribution is 6.43. The first-order valence-electron chi connectivity index (χ1n) is 8.93. The van der Waals surface area contributed by atoms with E-state index in [9.17, 15) is 14.8 Å². The second-order valence-corrected chi connectivity index (χ2v) is 6.52. The van der Waals surface area contributed by atoms with Crippen LogP contribution in [0.2, 0.25) is 0 Å². The maximum absolute atomic E-state index is 12.8. The van der Waals surface area contributed by atoms with Gasteiger partial charge in [-0.15, -0.1) is 0 Å². The molecule has 27 heavy (non-hydrogen) atoms. The van der Waals surface area contributed by atoms with Crippen molar-refractivity contribution in [2.45, 2.75) is 18.8 Å². The van der Waals surface area contributed by atoms with E-state index in [1.165, 1.54) is 0 Å². The van der Waals surface area contributed by atoms with Gasteiger partial charge < -0.3 is 15.4 Å². The molecule has 0 saturated carbocycles. The summed E-state index contributed by atoms with van der Waals surface area (Å²) in [5.41, 5.74) is 3.55. The molecular weight excluding hydrogens is 337 g/mol. The first-order chi connectivity index (χ1) is 13.1. The Balaban J connectivity index is 2.07. The molecule has 0 fully saturated rings. The molecule has 136 valence electrons. The second-order valence-electron chi connectivity index (χ2n) is 6.52. The molecule has 0 radical (unpaired) electrons. The van der Waals surface area contributed by atoms with Gasteiger partial charge in [0, 0.05) is 11.5 Å². The normalized spacial score (nSPS) is 11.9. The van der Waals surface area contributed by atoms with E-state index in [0.717, 1.165) is 16.7 Å². The van der Waals surface area contributed by atoms with E-state index in [1.54, 1.807) is 13.0 Å². The predicted octanol–water partition coefficient (Wildman–Crippen LogP) is 3.00. The molecule has 4 nitrogen and oxygen atoms in total. The SMILES string of the molecule is C[C@@H](NC(=O)c1ccccc1C(c1ccccc1)c1ccccc1)B(O)O. The average Bonchev–Trinajstić information content (AvgIpc) is 2.70. The molecule has 0 aromatic heterocycles. The summed E-state index contributed by atoms with van der Waals surface area (Å²) in [6.07, 6.45) is 0. The van der Waals surface area contributed by atoms with Gasteiger partial charge in [-0.1, -0.05) is 78.9 Å². The van der Waals surface area contributed by atoms with Crippen LogP contribution in [0.15, 0.2) is 84.9 Å². The molecule has 3 rings (SSSR count). The van der Waals surface area contributed by atoms with Crippen LogP contribution in [0.1, 0.15) is 39.9 Å². The monoisotopic (exact) mass is 359 g/mol. The summed E-state index contributed by atoms with van der Waals surface area (Å²) in [7, 11) is -1.61. The van der Waals surface area contributed by atoms with Crippen LogP contribution >= 0.6 is 0 Å². The third kappa shape index (κ3) is 4.45. The van der Waals surface area contributed by atoms with Crippen molar-refractivity contribution >= 4 is 13.0 Å². The van der Waals surface area contributed by atoms with E-state index < -0.39 is 13.1 Å². The Morgan fingerprint density at radius 1 is 0.815 bits per heavy atom.